The van der Waals surface area contributed by atoms with Crippen LogP contribution in [0, 0.1) is 12.8 Å². The van der Waals surface area contributed by atoms with Gasteiger partial charge in [0.2, 0.25) is 15.9 Å². The second-order valence-electron chi connectivity index (χ2n) is 5.43. The minimum absolute atomic E-state index is 0.132. The van der Waals surface area contributed by atoms with Crippen LogP contribution < -0.4 is 5.32 Å². The highest BCUT2D eigenvalue weighted by Crippen LogP contribution is 2.25. The van der Waals surface area contributed by atoms with Crippen LogP contribution in [0.3, 0.4) is 0 Å². The Kier molecular flexibility index (Phi) is 5.06. The van der Waals surface area contributed by atoms with Gasteiger partial charge in [-0.15, -0.1) is 0 Å². The molecule has 2 rings (SSSR count). The molecule has 116 valence electrons. The number of aryl methyl sites for hydroxylation is 1. The first-order valence-corrected chi connectivity index (χ1v) is 9.43. The number of piperidine rings is 1. The van der Waals surface area contributed by atoms with E-state index in [9.17, 15) is 13.2 Å². The number of benzene rings is 1. The molecule has 1 aliphatic rings. The molecule has 1 N–H and O–H groups in total. The average molecular weight is 375 g/mol. The molecule has 1 fully saturated rings. The Morgan fingerprint density at radius 1 is 1.43 bits per heavy atom. The van der Waals surface area contributed by atoms with E-state index < -0.39 is 10.0 Å². The number of halogens is 1. The third kappa shape index (κ3) is 4.28. The normalized spacial score (nSPS) is 20.2. The molecule has 1 saturated heterocycles. The first-order chi connectivity index (χ1) is 9.77. The molecule has 1 amide bonds. The SMILES string of the molecule is Cc1ccc(NC(=O)C2CCCN(S(C)(=O)=O)C2)c(Br)c1. The van der Waals surface area contributed by atoms with Gasteiger partial charge >= 0.3 is 0 Å². The molecule has 0 radical (unpaired) electrons. The minimum Gasteiger partial charge on any atom is -0.325 e. The zero-order valence-electron chi connectivity index (χ0n) is 12.1. The largest absolute Gasteiger partial charge is 0.325 e. The van der Waals surface area contributed by atoms with Gasteiger partial charge in [0, 0.05) is 17.6 Å². The van der Waals surface area contributed by atoms with Gasteiger partial charge in [-0.05, 0) is 53.4 Å². The van der Waals surface area contributed by atoms with Gasteiger partial charge in [-0.1, -0.05) is 6.07 Å². The molecule has 21 heavy (non-hydrogen) atoms. The van der Waals surface area contributed by atoms with E-state index in [2.05, 4.69) is 21.2 Å². The van der Waals surface area contributed by atoms with Gasteiger partial charge in [0.05, 0.1) is 17.9 Å². The van der Waals surface area contributed by atoms with E-state index >= 15 is 0 Å². The fourth-order valence-corrected chi connectivity index (χ4v) is 3.92. The van der Waals surface area contributed by atoms with Crippen LogP contribution >= 0.6 is 15.9 Å². The highest BCUT2D eigenvalue weighted by molar-refractivity contribution is 9.10. The quantitative estimate of drug-likeness (QED) is 0.882. The number of anilines is 1. The van der Waals surface area contributed by atoms with E-state index in [1.54, 1.807) is 0 Å². The van der Waals surface area contributed by atoms with Crippen LogP contribution in [0.1, 0.15) is 18.4 Å². The van der Waals surface area contributed by atoms with Crippen molar-refractivity contribution in [3.05, 3.63) is 28.2 Å². The molecule has 7 heteroatoms. The number of amides is 1. The Morgan fingerprint density at radius 3 is 2.76 bits per heavy atom. The Bertz CT molecular complexity index is 646. The van der Waals surface area contributed by atoms with E-state index in [1.807, 2.05) is 25.1 Å². The van der Waals surface area contributed by atoms with Crippen LogP contribution in [0.25, 0.3) is 0 Å². The van der Waals surface area contributed by atoms with E-state index in [0.29, 0.717) is 25.1 Å². The Hall–Kier alpha value is -0.920. The van der Waals surface area contributed by atoms with Gasteiger partial charge in [0.25, 0.3) is 0 Å². The van der Waals surface area contributed by atoms with E-state index in [4.69, 9.17) is 0 Å². The summed E-state index contributed by atoms with van der Waals surface area (Å²) < 4.78 is 25.4. The number of sulfonamides is 1. The van der Waals surface area contributed by atoms with Gasteiger partial charge < -0.3 is 5.32 Å². The smallest absolute Gasteiger partial charge is 0.228 e. The molecule has 0 aromatic heterocycles. The molecule has 0 saturated carbocycles. The van der Waals surface area contributed by atoms with E-state index in [0.717, 1.165) is 10.0 Å². The number of nitrogens with zero attached hydrogens (tertiary/aromatic N) is 1. The second kappa shape index (κ2) is 6.46. The van der Waals surface area contributed by atoms with Gasteiger partial charge in [-0.2, -0.15) is 0 Å². The maximum atomic E-state index is 12.3. The van der Waals surface area contributed by atoms with Crippen molar-refractivity contribution >= 4 is 37.5 Å². The lowest BCUT2D eigenvalue weighted by molar-refractivity contribution is -0.120. The summed E-state index contributed by atoms with van der Waals surface area (Å²) in [6.45, 7) is 2.73. The molecular formula is C14H19BrN2O3S. The lowest BCUT2D eigenvalue weighted by Gasteiger charge is -2.30. The number of carbonyl (C=O) groups excluding carboxylic acids is 1. The van der Waals surface area contributed by atoms with E-state index in [-0.39, 0.29) is 18.4 Å². The fourth-order valence-electron chi connectivity index (χ4n) is 2.41. The van der Waals surface area contributed by atoms with Crippen LogP contribution in [0.5, 0.6) is 0 Å². The first-order valence-electron chi connectivity index (χ1n) is 6.79. The van der Waals surface area contributed by atoms with Crippen molar-refractivity contribution in [2.45, 2.75) is 19.8 Å². The number of nitrogens with one attached hydrogen (secondary N) is 1. The molecule has 0 aliphatic carbocycles. The van der Waals surface area contributed by atoms with Crippen molar-refractivity contribution in [1.29, 1.82) is 0 Å². The standard InChI is InChI=1S/C14H19BrN2O3S/c1-10-5-6-13(12(15)8-10)16-14(18)11-4-3-7-17(9-11)21(2,19)20/h5-6,8,11H,3-4,7,9H2,1-2H3,(H,16,18). The van der Waals surface area contributed by atoms with Gasteiger partial charge in [0.1, 0.15) is 0 Å². The summed E-state index contributed by atoms with van der Waals surface area (Å²) in [4.78, 5) is 12.3. The molecular weight excluding hydrogens is 356 g/mol. The van der Waals surface area contributed by atoms with Crippen LogP contribution in [0.4, 0.5) is 5.69 Å². The minimum atomic E-state index is -3.23. The highest BCUT2D eigenvalue weighted by Gasteiger charge is 2.30. The van der Waals surface area contributed by atoms with Crippen LogP contribution in [-0.2, 0) is 14.8 Å². The summed E-state index contributed by atoms with van der Waals surface area (Å²) in [5, 5.41) is 2.87. The molecule has 1 atom stereocenters. The maximum Gasteiger partial charge on any atom is 0.228 e. The molecule has 1 aromatic carbocycles. The summed E-state index contributed by atoms with van der Waals surface area (Å²) in [6.07, 6.45) is 2.60. The van der Waals surface area contributed by atoms with Crippen molar-refractivity contribution in [3.63, 3.8) is 0 Å². The second-order valence-corrected chi connectivity index (χ2v) is 8.27. The number of hydrogen-bond donors (Lipinski definition) is 1. The third-order valence-electron chi connectivity index (χ3n) is 3.61. The Morgan fingerprint density at radius 2 is 2.14 bits per heavy atom. The Labute approximate surface area is 133 Å². The molecule has 0 bridgehead atoms. The van der Waals surface area contributed by atoms with E-state index in [1.165, 1.54) is 10.6 Å². The number of carbonyl (C=O) groups is 1. The molecule has 5 nitrogen and oxygen atoms in total. The summed E-state index contributed by atoms with van der Waals surface area (Å²) in [6, 6.07) is 5.69. The number of rotatable bonds is 3. The van der Waals surface area contributed by atoms with Crippen molar-refractivity contribution in [2.24, 2.45) is 5.92 Å². The Balaban J connectivity index is 2.06. The molecule has 1 unspecified atom stereocenters. The van der Waals surface area contributed by atoms with Gasteiger partial charge in [-0.25, -0.2) is 12.7 Å². The summed E-state index contributed by atoms with van der Waals surface area (Å²) >= 11 is 3.42. The lowest BCUT2D eigenvalue weighted by atomic mass is 9.98. The summed E-state index contributed by atoms with van der Waals surface area (Å²) in [5.41, 5.74) is 1.81. The average Bonchev–Trinajstić information content (AvgIpc) is 2.41. The van der Waals surface area contributed by atoms with Gasteiger partial charge in [0.15, 0.2) is 0 Å². The van der Waals surface area contributed by atoms with Crippen molar-refractivity contribution in [2.75, 3.05) is 24.7 Å². The maximum absolute atomic E-state index is 12.3. The molecule has 1 heterocycles. The summed E-state index contributed by atoms with van der Waals surface area (Å²) in [5.74, 6) is -0.436. The summed E-state index contributed by atoms with van der Waals surface area (Å²) in [7, 11) is -3.23. The van der Waals surface area contributed by atoms with Crippen molar-refractivity contribution < 1.29 is 13.2 Å². The fraction of sp³-hybridized carbons (Fsp3) is 0.500. The predicted octanol–water partition coefficient (Wildman–Crippen LogP) is 2.37. The topological polar surface area (TPSA) is 66.5 Å². The molecule has 1 aliphatic heterocycles. The van der Waals surface area contributed by atoms with Crippen LogP contribution in [0.2, 0.25) is 0 Å². The van der Waals surface area contributed by atoms with Crippen LogP contribution in [0.15, 0.2) is 22.7 Å². The van der Waals surface area contributed by atoms with Crippen molar-refractivity contribution in [1.82, 2.24) is 4.31 Å². The molecule has 0 spiro atoms. The highest BCUT2D eigenvalue weighted by atomic mass is 79.9. The van der Waals surface area contributed by atoms with Gasteiger partial charge in [-0.3, -0.25) is 4.79 Å². The lowest BCUT2D eigenvalue weighted by Crippen LogP contribution is -2.43. The first kappa shape index (κ1) is 16.5. The number of hydrogen-bond acceptors (Lipinski definition) is 3. The third-order valence-corrected chi connectivity index (χ3v) is 5.53. The zero-order chi connectivity index (χ0) is 15.6. The predicted molar refractivity (Wildman–Crippen MR) is 86.6 cm³/mol. The zero-order valence-corrected chi connectivity index (χ0v) is 14.5. The molecule has 1 aromatic rings. The van der Waals surface area contributed by atoms with Crippen LogP contribution in [-0.4, -0.2) is 38.0 Å². The monoisotopic (exact) mass is 374 g/mol. The van der Waals surface area contributed by atoms with Crippen molar-refractivity contribution in [3.8, 4) is 0 Å².